The summed E-state index contributed by atoms with van der Waals surface area (Å²) in [5.41, 5.74) is 0.00601. The number of hydrogen-bond donors (Lipinski definition) is 2. The summed E-state index contributed by atoms with van der Waals surface area (Å²) < 4.78 is 0. The molecule has 0 aliphatic heterocycles. The van der Waals surface area contributed by atoms with Gasteiger partial charge >= 0.3 is 0 Å². The summed E-state index contributed by atoms with van der Waals surface area (Å²) in [5, 5.41) is 13.8. The molecular weight excluding hydrogens is 220 g/mol. The quantitative estimate of drug-likeness (QED) is 0.806. The van der Waals surface area contributed by atoms with E-state index < -0.39 is 0 Å². The van der Waals surface area contributed by atoms with Crippen molar-refractivity contribution in [2.75, 3.05) is 6.61 Å². The van der Waals surface area contributed by atoms with Crippen molar-refractivity contribution >= 4 is 11.3 Å². The highest BCUT2D eigenvalue weighted by Crippen LogP contribution is 2.24. The van der Waals surface area contributed by atoms with Crippen LogP contribution in [0.15, 0.2) is 6.20 Å². The lowest BCUT2D eigenvalue weighted by Crippen LogP contribution is -2.43. The Bertz CT molecular complexity index is 327. The van der Waals surface area contributed by atoms with Gasteiger partial charge in [-0.25, -0.2) is 4.98 Å². The van der Waals surface area contributed by atoms with Crippen LogP contribution >= 0.6 is 11.3 Å². The molecule has 1 aromatic heterocycles. The van der Waals surface area contributed by atoms with Crippen LogP contribution in [0.5, 0.6) is 0 Å². The molecule has 0 saturated heterocycles. The van der Waals surface area contributed by atoms with Gasteiger partial charge in [0.1, 0.15) is 0 Å². The molecular formula is C12H22N2OS. The zero-order chi connectivity index (χ0) is 12.2. The monoisotopic (exact) mass is 242 g/mol. The van der Waals surface area contributed by atoms with E-state index in [1.165, 1.54) is 4.88 Å². The fourth-order valence-electron chi connectivity index (χ4n) is 1.77. The van der Waals surface area contributed by atoms with Crippen LogP contribution in [0.3, 0.4) is 0 Å². The van der Waals surface area contributed by atoms with Gasteiger partial charge in [-0.2, -0.15) is 0 Å². The summed E-state index contributed by atoms with van der Waals surface area (Å²) >= 11 is 1.73. The first kappa shape index (κ1) is 13.6. The highest BCUT2D eigenvalue weighted by atomic mass is 32.1. The molecule has 0 amide bonds. The van der Waals surface area contributed by atoms with Crippen molar-refractivity contribution in [3.8, 4) is 0 Å². The van der Waals surface area contributed by atoms with Crippen LogP contribution in [0.25, 0.3) is 0 Å². The molecule has 0 radical (unpaired) electrons. The van der Waals surface area contributed by atoms with E-state index in [1.54, 1.807) is 11.3 Å². The third-order valence-corrected chi connectivity index (χ3v) is 4.17. The number of nitrogens with zero attached hydrogens (tertiary/aromatic N) is 1. The van der Waals surface area contributed by atoms with Crippen LogP contribution in [0.4, 0.5) is 0 Å². The van der Waals surface area contributed by atoms with Crippen LogP contribution in [-0.2, 0) is 0 Å². The third kappa shape index (κ3) is 3.54. The Hall–Kier alpha value is -0.450. The molecule has 4 heteroatoms. The van der Waals surface area contributed by atoms with Crippen molar-refractivity contribution in [2.45, 2.75) is 52.1 Å². The van der Waals surface area contributed by atoms with Crippen molar-refractivity contribution < 1.29 is 5.11 Å². The van der Waals surface area contributed by atoms with Crippen LogP contribution in [0, 0.1) is 6.92 Å². The maximum absolute atomic E-state index is 9.07. The largest absolute Gasteiger partial charge is 0.396 e. The van der Waals surface area contributed by atoms with E-state index in [-0.39, 0.29) is 12.1 Å². The third-order valence-electron chi connectivity index (χ3n) is 3.07. The molecule has 3 nitrogen and oxygen atoms in total. The van der Waals surface area contributed by atoms with E-state index in [1.807, 2.05) is 13.1 Å². The van der Waals surface area contributed by atoms with Crippen molar-refractivity contribution in [3.05, 3.63) is 16.1 Å². The molecule has 0 spiro atoms. The van der Waals surface area contributed by atoms with E-state index in [2.05, 4.69) is 31.1 Å². The summed E-state index contributed by atoms with van der Waals surface area (Å²) in [6.07, 6.45) is 3.73. The molecule has 0 aromatic carbocycles. The van der Waals surface area contributed by atoms with E-state index in [4.69, 9.17) is 5.11 Å². The molecule has 1 heterocycles. The first-order chi connectivity index (χ1) is 7.50. The molecule has 0 bridgehead atoms. The lowest BCUT2D eigenvalue weighted by molar-refractivity contribution is 0.205. The minimum atomic E-state index is 0.00601. The predicted octanol–water partition coefficient (Wildman–Crippen LogP) is 2.65. The van der Waals surface area contributed by atoms with Gasteiger partial charge in [-0.3, -0.25) is 0 Å². The number of aliphatic hydroxyl groups is 1. The normalized spacial score (nSPS) is 17.1. The Kier molecular flexibility index (Phi) is 4.89. The Morgan fingerprint density at radius 1 is 1.62 bits per heavy atom. The van der Waals surface area contributed by atoms with Crippen molar-refractivity contribution in [3.63, 3.8) is 0 Å². The smallest absolute Gasteiger partial charge is 0.0897 e. The number of nitrogens with one attached hydrogen (secondary N) is 1. The van der Waals surface area contributed by atoms with E-state index in [0.29, 0.717) is 6.04 Å². The zero-order valence-electron chi connectivity index (χ0n) is 10.6. The second kappa shape index (κ2) is 5.75. The minimum absolute atomic E-state index is 0.00601. The highest BCUT2D eigenvalue weighted by molar-refractivity contribution is 7.11. The second-order valence-electron chi connectivity index (χ2n) is 4.54. The average molecular weight is 242 g/mol. The molecule has 2 atom stereocenters. The molecule has 0 fully saturated rings. The van der Waals surface area contributed by atoms with Gasteiger partial charge in [-0.1, -0.05) is 6.92 Å². The molecule has 1 rings (SSSR count). The van der Waals surface area contributed by atoms with Crippen LogP contribution in [0.1, 0.15) is 49.5 Å². The van der Waals surface area contributed by atoms with Crippen LogP contribution < -0.4 is 5.32 Å². The minimum Gasteiger partial charge on any atom is -0.396 e. The van der Waals surface area contributed by atoms with Crippen LogP contribution in [0.2, 0.25) is 0 Å². The van der Waals surface area contributed by atoms with Gasteiger partial charge in [-0.05, 0) is 33.6 Å². The van der Waals surface area contributed by atoms with Gasteiger partial charge in [0.2, 0.25) is 0 Å². The summed E-state index contributed by atoms with van der Waals surface area (Å²) in [7, 11) is 0. The molecule has 92 valence electrons. The fraction of sp³-hybridized carbons (Fsp3) is 0.750. The number of hydrogen-bond acceptors (Lipinski definition) is 4. The Morgan fingerprint density at radius 2 is 2.31 bits per heavy atom. The lowest BCUT2D eigenvalue weighted by Gasteiger charge is -2.32. The summed E-state index contributed by atoms with van der Waals surface area (Å²) in [4.78, 5) is 5.53. The van der Waals surface area contributed by atoms with Gasteiger partial charge in [0, 0.05) is 29.3 Å². The summed E-state index contributed by atoms with van der Waals surface area (Å²) in [6, 6.07) is 0.294. The maximum atomic E-state index is 9.07. The Balaban J connectivity index is 2.65. The zero-order valence-corrected chi connectivity index (χ0v) is 11.4. The summed E-state index contributed by atoms with van der Waals surface area (Å²) in [5.74, 6) is 0. The summed E-state index contributed by atoms with van der Waals surface area (Å²) in [6.45, 7) is 8.71. The van der Waals surface area contributed by atoms with Crippen LogP contribution in [-0.4, -0.2) is 22.2 Å². The van der Waals surface area contributed by atoms with Gasteiger partial charge < -0.3 is 10.4 Å². The van der Waals surface area contributed by atoms with Crippen molar-refractivity contribution in [1.29, 1.82) is 0 Å². The van der Waals surface area contributed by atoms with Crippen molar-refractivity contribution in [1.82, 2.24) is 10.3 Å². The average Bonchev–Trinajstić information content (AvgIpc) is 2.65. The topological polar surface area (TPSA) is 45.1 Å². The highest BCUT2D eigenvalue weighted by Gasteiger charge is 2.24. The van der Waals surface area contributed by atoms with E-state index in [0.717, 1.165) is 17.8 Å². The SMILES string of the molecule is CCC(C)(CCO)NC(C)c1cnc(C)s1. The Morgan fingerprint density at radius 3 is 2.75 bits per heavy atom. The molecule has 2 unspecified atom stereocenters. The molecule has 1 aromatic rings. The number of thiazole rings is 1. The second-order valence-corrected chi connectivity index (χ2v) is 5.80. The molecule has 0 aliphatic rings. The van der Waals surface area contributed by atoms with Gasteiger partial charge in [0.05, 0.1) is 5.01 Å². The maximum Gasteiger partial charge on any atom is 0.0897 e. The van der Waals surface area contributed by atoms with Crippen molar-refractivity contribution in [2.24, 2.45) is 0 Å². The molecule has 0 aliphatic carbocycles. The van der Waals surface area contributed by atoms with Gasteiger partial charge in [0.15, 0.2) is 0 Å². The lowest BCUT2D eigenvalue weighted by atomic mass is 9.94. The molecule has 0 saturated carbocycles. The standard InChI is InChI=1S/C12H22N2OS/c1-5-12(4,6-7-15)14-9(2)11-8-13-10(3)16-11/h8-9,14-15H,5-7H2,1-4H3. The van der Waals surface area contributed by atoms with Gasteiger partial charge in [-0.15, -0.1) is 11.3 Å². The van der Waals surface area contributed by atoms with Gasteiger partial charge in [0.25, 0.3) is 0 Å². The fourth-order valence-corrected chi connectivity index (χ4v) is 2.56. The predicted molar refractivity (Wildman–Crippen MR) is 68.8 cm³/mol. The Labute approximate surface area is 102 Å². The first-order valence-corrected chi connectivity index (χ1v) is 6.63. The number of aromatic nitrogens is 1. The first-order valence-electron chi connectivity index (χ1n) is 5.81. The van der Waals surface area contributed by atoms with E-state index >= 15 is 0 Å². The van der Waals surface area contributed by atoms with E-state index in [9.17, 15) is 0 Å². The molecule has 16 heavy (non-hydrogen) atoms. The number of aliphatic hydroxyl groups excluding tert-OH is 1. The molecule has 2 N–H and O–H groups in total. The number of rotatable bonds is 6. The number of aryl methyl sites for hydroxylation is 1.